The maximum absolute atomic E-state index is 5.89. The molecular weight excluding hydrogens is 226 g/mol. The van der Waals surface area contributed by atoms with Gasteiger partial charge < -0.3 is 11.1 Å². The van der Waals surface area contributed by atoms with E-state index in [-0.39, 0.29) is 5.54 Å². The lowest BCUT2D eigenvalue weighted by atomic mass is 9.96. The molecule has 3 rings (SSSR count). The summed E-state index contributed by atoms with van der Waals surface area (Å²) in [6, 6.07) is 3.87. The Morgan fingerprint density at radius 2 is 2.11 bits per heavy atom. The number of rotatable bonds is 4. The fourth-order valence-electron chi connectivity index (χ4n) is 2.26. The number of nitrogens with zero attached hydrogens (tertiary/aromatic N) is 3. The number of aromatic nitrogens is 3. The van der Waals surface area contributed by atoms with E-state index in [0.29, 0.717) is 18.1 Å². The summed E-state index contributed by atoms with van der Waals surface area (Å²) >= 11 is 0. The number of fused-ring (bicyclic) bond motifs is 1. The molecule has 0 spiro atoms. The van der Waals surface area contributed by atoms with Crippen molar-refractivity contribution in [1.29, 1.82) is 0 Å². The molecule has 0 aromatic carbocycles. The lowest BCUT2D eigenvalue weighted by molar-refractivity contribution is 0.458. The van der Waals surface area contributed by atoms with E-state index in [1.165, 1.54) is 12.8 Å². The van der Waals surface area contributed by atoms with Crippen molar-refractivity contribution in [3.05, 3.63) is 24.5 Å². The Kier molecular flexibility index (Phi) is 2.63. The average Bonchev–Trinajstić information content (AvgIpc) is 3.23. The van der Waals surface area contributed by atoms with E-state index >= 15 is 0 Å². The molecule has 0 radical (unpaired) electrons. The topological polar surface area (TPSA) is 76.7 Å². The minimum Gasteiger partial charge on any atom is -0.363 e. The molecule has 2 aromatic rings. The third-order valence-corrected chi connectivity index (χ3v) is 3.65. The van der Waals surface area contributed by atoms with Crippen LogP contribution in [0.25, 0.3) is 11.2 Å². The molecule has 18 heavy (non-hydrogen) atoms. The maximum Gasteiger partial charge on any atom is 0.180 e. The van der Waals surface area contributed by atoms with Gasteiger partial charge in [0.05, 0.1) is 5.54 Å². The highest BCUT2D eigenvalue weighted by Gasteiger charge is 2.40. The molecule has 5 heteroatoms. The van der Waals surface area contributed by atoms with Crippen LogP contribution in [0.5, 0.6) is 0 Å². The van der Waals surface area contributed by atoms with Crippen molar-refractivity contribution in [2.24, 2.45) is 11.7 Å². The predicted molar refractivity (Wildman–Crippen MR) is 71.1 cm³/mol. The van der Waals surface area contributed by atoms with Crippen molar-refractivity contribution in [3.63, 3.8) is 0 Å². The van der Waals surface area contributed by atoms with Gasteiger partial charge in [0, 0.05) is 18.9 Å². The van der Waals surface area contributed by atoms with E-state index in [0.717, 1.165) is 11.3 Å². The van der Waals surface area contributed by atoms with Crippen molar-refractivity contribution in [1.82, 2.24) is 15.0 Å². The fourth-order valence-corrected chi connectivity index (χ4v) is 2.26. The minimum absolute atomic E-state index is 0.0666. The molecule has 0 bridgehead atoms. The first-order valence-corrected chi connectivity index (χ1v) is 6.27. The van der Waals surface area contributed by atoms with Crippen LogP contribution in [0.1, 0.15) is 19.8 Å². The molecule has 1 aliphatic carbocycles. The minimum atomic E-state index is -0.0666. The van der Waals surface area contributed by atoms with E-state index in [4.69, 9.17) is 5.73 Å². The van der Waals surface area contributed by atoms with E-state index < -0.39 is 0 Å². The monoisotopic (exact) mass is 243 g/mol. The molecule has 3 N–H and O–H groups in total. The SMILES string of the molecule is CC(CN)(Nc1ccc2nccnc2n1)C1CC1. The van der Waals surface area contributed by atoms with E-state index in [1.54, 1.807) is 12.4 Å². The normalized spacial score (nSPS) is 18.6. The number of pyridine rings is 1. The van der Waals surface area contributed by atoms with Crippen molar-refractivity contribution < 1.29 is 0 Å². The van der Waals surface area contributed by atoms with E-state index in [1.807, 2.05) is 12.1 Å². The van der Waals surface area contributed by atoms with Gasteiger partial charge in [-0.05, 0) is 37.8 Å². The summed E-state index contributed by atoms with van der Waals surface area (Å²) < 4.78 is 0. The summed E-state index contributed by atoms with van der Waals surface area (Å²) in [5.41, 5.74) is 7.30. The van der Waals surface area contributed by atoms with Crippen molar-refractivity contribution in [2.75, 3.05) is 11.9 Å². The zero-order chi connectivity index (χ0) is 12.6. The smallest absolute Gasteiger partial charge is 0.180 e. The molecular formula is C13H17N5. The van der Waals surface area contributed by atoms with Crippen molar-refractivity contribution in [2.45, 2.75) is 25.3 Å². The second-order valence-electron chi connectivity index (χ2n) is 5.12. The first-order chi connectivity index (χ1) is 8.71. The van der Waals surface area contributed by atoms with E-state index in [2.05, 4.69) is 27.2 Å². The highest BCUT2D eigenvalue weighted by Crippen LogP contribution is 2.40. The first-order valence-electron chi connectivity index (χ1n) is 6.27. The summed E-state index contributed by atoms with van der Waals surface area (Å²) in [6.45, 7) is 2.77. The molecule has 1 saturated carbocycles. The number of nitrogens with one attached hydrogen (secondary N) is 1. The molecule has 1 aliphatic rings. The van der Waals surface area contributed by atoms with Crippen molar-refractivity contribution >= 4 is 17.0 Å². The Hall–Kier alpha value is -1.75. The third-order valence-electron chi connectivity index (χ3n) is 3.65. The molecule has 2 aromatic heterocycles. The molecule has 1 unspecified atom stereocenters. The van der Waals surface area contributed by atoms with Gasteiger partial charge in [-0.2, -0.15) is 0 Å². The molecule has 2 heterocycles. The molecule has 1 fully saturated rings. The van der Waals surface area contributed by atoms with Crippen molar-refractivity contribution in [3.8, 4) is 0 Å². The Morgan fingerprint density at radius 1 is 1.33 bits per heavy atom. The van der Waals surface area contributed by atoms with Gasteiger partial charge in [0.15, 0.2) is 5.65 Å². The lowest BCUT2D eigenvalue weighted by Gasteiger charge is -2.30. The Balaban J connectivity index is 1.90. The van der Waals surface area contributed by atoms with Crippen LogP contribution in [-0.4, -0.2) is 27.0 Å². The van der Waals surface area contributed by atoms with Gasteiger partial charge in [0.2, 0.25) is 0 Å². The van der Waals surface area contributed by atoms with Crippen LogP contribution in [0.2, 0.25) is 0 Å². The Morgan fingerprint density at radius 3 is 2.83 bits per heavy atom. The van der Waals surface area contributed by atoms with Crippen LogP contribution in [0.15, 0.2) is 24.5 Å². The first kappa shape index (κ1) is 11.3. The number of nitrogens with two attached hydrogens (primary N) is 1. The molecule has 5 nitrogen and oxygen atoms in total. The summed E-state index contributed by atoms with van der Waals surface area (Å²) in [5, 5.41) is 3.46. The molecule has 94 valence electrons. The lowest BCUT2D eigenvalue weighted by Crippen LogP contribution is -2.44. The second-order valence-corrected chi connectivity index (χ2v) is 5.12. The number of anilines is 1. The largest absolute Gasteiger partial charge is 0.363 e. The van der Waals surface area contributed by atoms with Gasteiger partial charge in [-0.15, -0.1) is 0 Å². The summed E-state index contributed by atoms with van der Waals surface area (Å²) in [6.07, 6.45) is 5.82. The van der Waals surface area contributed by atoms with Gasteiger partial charge in [0.25, 0.3) is 0 Å². The van der Waals surface area contributed by atoms with Crippen LogP contribution in [0.4, 0.5) is 5.82 Å². The van der Waals surface area contributed by atoms with Gasteiger partial charge >= 0.3 is 0 Å². The quantitative estimate of drug-likeness (QED) is 0.852. The molecule has 0 saturated heterocycles. The van der Waals surface area contributed by atoms with Crippen LogP contribution in [0, 0.1) is 5.92 Å². The zero-order valence-corrected chi connectivity index (χ0v) is 10.4. The Bertz CT molecular complexity index is 566. The second kappa shape index (κ2) is 4.17. The van der Waals surface area contributed by atoms with Crippen LogP contribution >= 0.6 is 0 Å². The van der Waals surface area contributed by atoms with Gasteiger partial charge in [-0.1, -0.05) is 0 Å². The van der Waals surface area contributed by atoms with Crippen LogP contribution in [-0.2, 0) is 0 Å². The molecule has 1 atom stereocenters. The average molecular weight is 243 g/mol. The predicted octanol–water partition coefficient (Wildman–Crippen LogP) is 1.56. The van der Waals surface area contributed by atoms with E-state index in [9.17, 15) is 0 Å². The summed E-state index contributed by atoms with van der Waals surface area (Å²) in [4.78, 5) is 12.9. The van der Waals surface area contributed by atoms with Crippen LogP contribution in [0.3, 0.4) is 0 Å². The Labute approximate surface area is 106 Å². The third kappa shape index (κ3) is 2.01. The number of hydrogen-bond acceptors (Lipinski definition) is 5. The molecule has 0 amide bonds. The highest BCUT2D eigenvalue weighted by molar-refractivity contribution is 5.71. The van der Waals surface area contributed by atoms with Gasteiger partial charge in [-0.3, -0.25) is 4.98 Å². The molecule has 0 aliphatic heterocycles. The van der Waals surface area contributed by atoms with Gasteiger partial charge in [0.1, 0.15) is 11.3 Å². The van der Waals surface area contributed by atoms with Crippen LogP contribution < -0.4 is 11.1 Å². The highest BCUT2D eigenvalue weighted by atomic mass is 15.1. The zero-order valence-electron chi connectivity index (χ0n) is 10.4. The standard InChI is InChI=1S/C13H17N5/c1-13(8-14,9-2-3-9)18-11-5-4-10-12(17-11)16-7-6-15-10/h4-7,9H,2-3,8,14H2,1H3,(H,16,17,18). The summed E-state index contributed by atoms with van der Waals surface area (Å²) in [7, 11) is 0. The number of hydrogen-bond donors (Lipinski definition) is 2. The summed E-state index contributed by atoms with van der Waals surface area (Å²) in [5.74, 6) is 1.48. The van der Waals surface area contributed by atoms with Gasteiger partial charge in [-0.25, -0.2) is 9.97 Å². The fraction of sp³-hybridized carbons (Fsp3) is 0.462. The maximum atomic E-state index is 5.89.